The number of carbonyl (C=O) groups is 4. The van der Waals surface area contributed by atoms with Crippen LogP contribution in [0.5, 0.6) is 0 Å². The van der Waals surface area contributed by atoms with Crippen LogP contribution in [0.1, 0.15) is 24.8 Å². The summed E-state index contributed by atoms with van der Waals surface area (Å²) >= 11 is 0. The molecule has 2 heterocycles. The van der Waals surface area contributed by atoms with Crippen LogP contribution in [0.25, 0.3) is 0 Å². The van der Waals surface area contributed by atoms with Gasteiger partial charge in [0.15, 0.2) is 0 Å². The summed E-state index contributed by atoms with van der Waals surface area (Å²) in [6.45, 7) is 1.35. The number of anilines is 1. The lowest BCUT2D eigenvalue weighted by molar-refractivity contribution is -0.158. The second kappa shape index (κ2) is 8.72. The van der Waals surface area contributed by atoms with Gasteiger partial charge in [-0.25, -0.2) is 9.59 Å². The van der Waals surface area contributed by atoms with Gasteiger partial charge in [-0.1, -0.05) is 0 Å². The van der Waals surface area contributed by atoms with E-state index < -0.39 is 41.8 Å². The van der Waals surface area contributed by atoms with Gasteiger partial charge in [-0.2, -0.15) is 0 Å². The number of amidine groups is 1. The zero-order valence-electron chi connectivity index (χ0n) is 16.7. The lowest BCUT2D eigenvalue weighted by Crippen LogP contribution is -2.49. The molecule has 3 rings (SSSR count). The summed E-state index contributed by atoms with van der Waals surface area (Å²) in [5, 5.41) is 25.6. The fourth-order valence-corrected chi connectivity index (χ4v) is 4.10. The van der Waals surface area contributed by atoms with E-state index in [1.54, 1.807) is 24.3 Å². The number of ketones is 1. The zero-order valence-corrected chi connectivity index (χ0v) is 16.7. The van der Waals surface area contributed by atoms with E-state index in [4.69, 9.17) is 26.1 Å². The molecule has 1 atom stereocenters. The normalized spacial score (nSPS) is 20.8. The average molecular weight is 432 g/mol. The number of rotatable bonds is 8. The van der Waals surface area contributed by atoms with Crippen molar-refractivity contribution in [3.05, 3.63) is 29.8 Å². The maximum absolute atomic E-state index is 12.3. The predicted octanol–water partition coefficient (Wildman–Crippen LogP) is 0.506. The third-order valence-corrected chi connectivity index (χ3v) is 5.80. The molecule has 0 saturated carbocycles. The van der Waals surface area contributed by atoms with Crippen molar-refractivity contribution in [1.82, 2.24) is 4.90 Å². The Hall–Kier alpha value is -3.47. The molecule has 1 unspecified atom stereocenters. The topological polar surface area (TPSA) is 174 Å². The summed E-state index contributed by atoms with van der Waals surface area (Å²) in [5.74, 6) is -3.97. The number of nitrogens with one attached hydrogen (secondary N) is 1. The van der Waals surface area contributed by atoms with Crippen LogP contribution in [0, 0.1) is 10.8 Å². The van der Waals surface area contributed by atoms with E-state index in [1.807, 2.05) is 4.90 Å². The molecular weight excluding hydrogens is 408 g/mol. The van der Waals surface area contributed by atoms with Gasteiger partial charge >= 0.3 is 18.0 Å². The summed E-state index contributed by atoms with van der Waals surface area (Å²) in [6.07, 6.45) is -1.22. The Morgan fingerprint density at radius 2 is 1.77 bits per heavy atom. The molecule has 0 aliphatic carbocycles. The number of aliphatic carboxylic acids is 2. The summed E-state index contributed by atoms with van der Waals surface area (Å²) in [7, 11) is 0. The van der Waals surface area contributed by atoms with E-state index in [0.717, 1.165) is 0 Å². The van der Waals surface area contributed by atoms with Crippen molar-refractivity contribution in [3.63, 3.8) is 0 Å². The van der Waals surface area contributed by atoms with Crippen LogP contribution in [0.3, 0.4) is 0 Å². The highest BCUT2D eigenvalue weighted by molar-refractivity contribution is 6.35. The Balaban J connectivity index is 1.60. The standard InChI is InChI=1S/C20H24N4O7/c21-17(22)12-1-3-13(4-2-12)24-11-14(31-19(24)30)10-23-7-5-20(6-8-23,9-15(25)26)16(27)18(28)29/h1-4,14H,5-11H2,(H3,21,22)(H,25,26)(H,28,29). The molecule has 5 N–H and O–H groups in total. The molecule has 2 aliphatic rings. The van der Waals surface area contributed by atoms with Crippen molar-refractivity contribution in [2.45, 2.75) is 25.4 Å². The smallest absolute Gasteiger partial charge is 0.414 e. The van der Waals surface area contributed by atoms with E-state index >= 15 is 0 Å². The number of amides is 1. The van der Waals surface area contributed by atoms with Gasteiger partial charge in [0.05, 0.1) is 18.4 Å². The van der Waals surface area contributed by atoms with Gasteiger partial charge in [0.2, 0.25) is 5.78 Å². The molecule has 166 valence electrons. The number of carbonyl (C=O) groups excluding carboxylic acids is 2. The monoisotopic (exact) mass is 432 g/mol. The highest BCUT2D eigenvalue weighted by Crippen LogP contribution is 2.36. The predicted molar refractivity (Wildman–Crippen MR) is 108 cm³/mol. The SMILES string of the molecule is N=C(N)c1ccc(N2CC(CN3CCC(CC(=O)O)(C(=O)C(=O)O)CC3)OC2=O)cc1. The fraction of sp³-hybridized carbons (Fsp3) is 0.450. The third kappa shape index (κ3) is 4.82. The summed E-state index contributed by atoms with van der Waals surface area (Å²) in [5.41, 5.74) is 5.18. The number of hydrogen-bond donors (Lipinski definition) is 4. The number of likely N-dealkylation sites (tertiary alicyclic amines) is 1. The number of benzene rings is 1. The maximum Gasteiger partial charge on any atom is 0.414 e. The molecule has 0 spiro atoms. The Bertz CT molecular complexity index is 907. The van der Waals surface area contributed by atoms with Crippen LogP contribution in [0.2, 0.25) is 0 Å². The second-order valence-corrected chi connectivity index (χ2v) is 7.86. The molecule has 1 aromatic carbocycles. The van der Waals surface area contributed by atoms with Gasteiger partial charge in [0, 0.05) is 17.8 Å². The number of nitrogens with zero attached hydrogens (tertiary/aromatic N) is 2. The molecule has 2 aliphatic heterocycles. The Morgan fingerprint density at radius 3 is 2.29 bits per heavy atom. The number of ether oxygens (including phenoxy) is 1. The van der Waals surface area contributed by atoms with E-state index in [1.165, 1.54) is 4.90 Å². The first kappa shape index (κ1) is 22.2. The molecule has 11 heteroatoms. The largest absolute Gasteiger partial charge is 0.481 e. The van der Waals surface area contributed by atoms with E-state index in [9.17, 15) is 19.2 Å². The first-order valence-corrected chi connectivity index (χ1v) is 9.76. The van der Waals surface area contributed by atoms with Crippen molar-refractivity contribution in [2.75, 3.05) is 31.1 Å². The van der Waals surface area contributed by atoms with Gasteiger partial charge in [0.25, 0.3) is 0 Å². The molecule has 0 bridgehead atoms. The van der Waals surface area contributed by atoms with Crippen molar-refractivity contribution < 1.29 is 34.1 Å². The van der Waals surface area contributed by atoms with E-state index in [0.29, 0.717) is 37.4 Å². The first-order chi connectivity index (χ1) is 14.6. The molecule has 31 heavy (non-hydrogen) atoms. The van der Waals surface area contributed by atoms with Crippen LogP contribution in [0.15, 0.2) is 24.3 Å². The summed E-state index contributed by atoms with van der Waals surface area (Å²) in [4.78, 5) is 50.2. The van der Waals surface area contributed by atoms with Crippen molar-refractivity contribution in [3.8, 4) is 0 Å². The van der Waals surface area contributed by atoms with Gasteiger partial charge in [-0.15, -0.1) is 0 Å². The van der Waals surface area contributed by atoms with Crippen molar-refractivity contribution in [2.24, 2.45) is 11.1 Å². The number of carboxylic acid groups (broad SMARTS) is 2. The molecule has 0 radical (unpaired) electrons. The number of hydrogen-bond acceptors (Lipinski definition) is 7. The third-order valence-electron chi connectivity index (χ3n) is 5.80. The first-order valence-electron chi connectivity index (χ1n) is 9.76. The highest BCUT2D eigenvalue weighted by atomic mass is 16.6. The number of piperidine rings is 1. The van der Waals surface area contributed by atoms with Gasteiger partial charge < -0.3 is 20.7 Å². The lowest BCUT2D eigenvalue weighted by Gasteiger charge is -2.39. The van der Waals surface area contributed by atoms with Crippen LogP contribution >= 0.6 is 0 Å². The van der Waals surface area contributed by atoms with E-state index in [-0.39, 0.29) is 18.7 Å². The average Bonchev–Trinajstić information content (AvgIpc) is 3.08. The fourth-order valence-electron chi connectivity index (χ4n) is 4.10. The van der Waals surface area contributed by atoms with Gasteiger partial charge in [-0.05, 0) is 50.2 Å². The van der Waals surface area contributed by atoms with Gasteiger partial charge in [-0.3, -0.25) is 24.8 Å². The molecule has 2 saturated heterocycles. The lowest BCUT2D eigenvalue weighted by atomic mass is 9.72. The number of nitrogens with two attached hydrogens (primary N) is 1. The maximum atomic E-state index is 12.3. The second-order valence-electron chi connectivity index (χ2n) is 7.86. The molecule has 1 amide bonds. The Kier molecular flexibility index (Phi) is 6.25. The van der Waals surface area contributed by atoms with Crippen molar-refractivity contribution >= 4 is 35.3 Å². The van der Waals surface area contributed by atoms with E-state index in [2.05, 4.69) is 0 Å². The minimum atomic E-state index is -1.62. The zero-order chi connectivity index (χ0) is 22.8. The molecular formula is C20H24N4O7. The number of nitrogen functional groups attached to an aromatic ring is 1. The van der Waals surface area contributed by atoms with Crippen LogP contribution < -0.4 is 10.6 Å². The van der Waals surface area contributed by atoms with Gasteiger partial charge in [0.1, 0.15) is 11.9 Å². The molecule has 0 aromatic heterocycles. The number of carboxylic acids is 2. The van der Waals surface area contributed by atoms with Crippen molar-refractivity contribution in [1.29, 1.82) is 5.41 Å². The Morgan fingerprint density at radius 1 is 1.16 bits per heavy atom. The highest BCUT2D eigenvalue weighted by Gasteiger charge is 2.46. The summed E-state index contributed by atoms with van der Waals surface area (Å²) in [6, 6.07) is 6.65. The van der Waals surface area contributed by atoms with Crippen LogP contribution in [0.4, 0.5) is 10.5 Å². The Labute approximate surface area is 177 Å². The minimum Gasteiger partial charge on any atom is -0.481 e. The minimum absolute atomic E-state index is 0.0705. The summed E-state index contributed by atoms with van der Waals surface area (Å²) < 4.78 is 5.43. The molecule has 11 nitrogen and oxygen atoms in total. The quantitative estimate of drug-likeness (QED) is 0.259. The molecule has 1 aromatic rings. The molecule has 2 fully saturated rings. The van der Waals surface area contributed by atoms with Crippen LogP contribution in [-0.2, 0) is 19.1 Å². The van der Waals surface area contributed by atoms with Crippen LogP contribution in [-0.4, -0.2) is 77.0 Å². The number of cyclic esters (lactones) is 1. The number of Topliss-reactive ketones (excluding diaryl/α,β-unsaturated/α-hetero) is 1.